The quantitative estimate of drug-likeness (QED) is 0.814. The van der Waals surface area contributed by atoms with Crippen LogP contribution in [0.5, 0.6) is 0 Å². The Balaban J connectivity index is 2.15. The SMILES string of the molecule is Cc1cccnc1CNS(=O)(=O)c1ccc(C(N)=S)s1. The maximum Gasteiger partial charge on any atom is 0.250 e. The molecule has 2 rings (SSSR count). The molecule has 0 amide bonds. The molecule has 3 N–H and O–H groups in total. The Hall–Kier alpha value is -1.35. The van der Waals surface area contributed by atoms with Crippen LogP contribution >= 0.6 is 23.6 Å². The number of sulfonamides is 1. The fraction of sp³-hybridized carbons (Fsp3) is 0.167. The number of nitrogens with zero attached hydrogens (tertiary/aromatic N) is 1. The maximum atomic E-state index is 12.1. The van der Waals surface area contributed by atoms with Gasteiger partial charge in [-0.15, -0.1) is 11.3 Å². The Kier molecular flexibility index (Phi) is 4.48. The van der Waals surface area contributed by atoms with Crippen molar-refractivity contribution in [2.45, 2.75) is 17.7 Å². The van der Waals surface area contributed by atoms with Gasteiger partial charge in [-0.25, -0.2) is 13.1 Å². The highest BCUT2D eigenvalue weighted by molar-refractivity contribution is 7.91. The van der Waals surface area contributed by atoms with E-state index in [0.717, 1.165) is 16.9 Å². The molecule has 8 heteroatoms. The van der Waals surface area contributed by atoms with Crippen LogP contribution in [0.4, 0.5) is 0 Å². The molecule has 2 aromatic heterocycles. The first kappa shape index (κ1) is 15.0. The van der Waals surface area contributed by atoms with Crippen LogP contribution in [0.15, 0.2) is 34.7 Å². The molecular formula is C12H13N3O2S3. The second kappa shape index (κ2) is 5.96. The lowest BCUT2D eigenvalue weighted by atomic mass is 10.2. The number of pyridine rings is 1. The molecule has 0 spiro atoms. The van der Waals surface area contributed by atoms with Gasteiger partial charge in [0.2, 0.25) is 10.0 Å². The summed E-state index contributed by atoms with van der Waals surface area (Å²) in [4.78, 5) is 4.91. The molecule has 0 saturated carbocycles. The first-order chi connectivity index (χ1) is 9.40. The number of hydrogen-bond donors (Lipinski definition) is 2. The average Bonchev–Trinajstić information content (AvgIpc) is 2.88. The van der Waals surface area contributed by atoms with Gasteiger partial charge in [0.25, 0.3) is 0 Å². The molecule has 0 aromatic carbocycles. The lowest BCUT2D eigenvalue weighted by molar-refractivity contribution is 0.582. The molecule has 0 aliphatic carbocycles. The van der Waals surface area contributed by atoms with E-state index in [1.165, 1.54) is 6.07 Å². The lowest BCUT2D eigenvalue weighted by Crippen LogP contribution is -2.23. The molecule has 106 valence electrons. The van der Waals surface area contributed by atoms with Gasteiger partial charge in [0.15, 0.2) is 0 Å². The molecule has 0 aliphatic rings. The number of aromatic nitrogens is 1. The third kappa shape index (κ3) is 3.40. The monoisotopic (exact) mass is 327 g/mol. The van der Waals surface area contributed by atoms with E-state index in [2.05, 4.69) is 9.71 Å². The zero-order valence-corrected chi connectivity index (χ0v) is 13.1. The molecular weight excluding hydrogens is 314 g/mol. The summed E-state index contributed by atoms with van der Waals surface area (Å²) in [6.45, 7) is 2.03. The molecule has 5 nitrogen and oxygen atoms in total. The minimum atomic E-state index is -3.57. The van der Waals surface area contributed by atoms with Gasteiger partial charge >= 0.3 is 0 Å². The molecule has 2 aromatic rings. The summed E-state index contributed by atoms with van der Waals surface area (Å²) in [6.07, 6.45) is 1.63. The van der Waals surface area contributed by atoms with Crippen molar-refractivity contribution >= 4 is 38.6 Å². The standard InChI is InChI=1S/C12H13N3O2S3/c1-8-3-2-6-14-9(8)7-15-20(16,17)11-5-4-10(19-11)12(13)18/h2-6,15H,7H2,1H3,(H2,13,18). The predicted octanol–water partition coefficient (Wildman–Crippen LogP) is 1.56. The number of aryl methyl sites for hydroxylation is 1. The maximum absolute atomic E-state index is 12.1. The summed E-state index contributed by atoms with van der Waals surface area (Å²) in [5, 5.41) is 0. The highest BCUT2D eigenvalue weighted by Crippen LogP contribution is 2.21. The van der Waals surface area contributed by atoms with E-state index in [1.807, 2.05) is 13.0 Å². The molecule has 0 radical (unpaired) electrons. The van der Waals surface area contributed by atoms with Gasteiger partial charge < -0.3 is 5.73 Å². The fourth-order valence-corrected chi connectivity index (χ4v) is 3.92. The number of hydrogen-bond acceptors (Lipinski definition) is 5. The van der Waals surface area contributed by atoms with Gasteiger partial charge in [-0.2, -0.15) is 0 Å². The van der Waals surface area contributed by atoms with E-state index in [9.17, 15) is 8.42 Å². The minimum absolute atomic E-state index is 0.148. The Morgan fingerprint density at radius 3 is 2.80 bits per heavy atom. The number of rotatable bonds is 5. The average molecular weight is 327 g/mol. The summed E-state index contributed by atoms with van der Waals surface area (Å²) in [7, 11) is -3.57. The van der Waals surface area contributed by atoms with E-state index in [0.29, 0.717) is 10.6 Å². The van der Waals surface area contributed by atoms with Gasteiger partial charge in [0, 0.05) is 6.20 Å². The van der Waals surface area contributed by atoms with Crippen LogP contribution < -0.4 is 10.5 Å². The Morgan fingerprint density at radius 2 is 2.20 bits per heavy atom. The third-order valence-corrected chi connectivity index (χ3v) is 6.00. The summed E-state index contributed by atoms with van der Waals surface area (Å²) in [6, 6.07) is 6.79. The normalized spacial score (nSPS) is 11.4. The summed E-state index contributed by atoms with van der Waals surface area (Å²) >= 11 is 5.87. The van der Waals surface area contributed by atoms with Crippen LogP contribution in [-0.2, 0) is 16.6 Å². The number of nitrogens with two attached hydrogens (primary N) is 1. The number of nitrogens with one attached hydrogen (secondary N) is 1. The van der Waals surface area contributed by atoms with Crippen LogP contribution in [0.25, 0.3) is 0 Å². The van der Waals surface area contributed by atoms with E-state index >= 15 is 0 Å². The number of thiophene rings is 1. The van der Waals surface area contributed by atoms with E-state index in [4.69, 9.17) is 18.0 Å². The zero-order valence-electron chi connectivity index (χ0n) is 10.7. The first-order valence-corrected chi connectivity index (χ1v) is 8.41. The third-order valence-electron chi connectivity index (χ3n) is 2.64. The van der Waals surface area contributed by atoms with E-state index in [1.54, 1.807) is 18.3 Å². The Labute approximate surface area is 126 Å². The predicted molar refractivity (Wildman–Crippen MR) is 83.2 cm³/mol. The Morgan fingerprint density at radius 1 is 1.45 bits per heavy atom. The van der Waals surface area contributed by atoms with Crippen molar-refractivity contribution in [2.24, 2.45) is 5.73 Å². The smallest absolute Gasteiger partial charge is 0.250 e. The van der Waals surface area contributed by atoms with Crippen LogP contribution in [0, 0.1) is 6.92 Å². The molecule has 0 aliphatic heterocycles. The minimum Gasteiger partial charge on any atom is -0.389 e. The van der Waals surface area contributed by atoms with Crippen molar-refractivity contribution in [1.82, 2.24) is 9.71 Å². The van der Waals surface area contributed by atoms with Crippen molar-refractivity contribution in [1.29, 1.82) is 0 Å². The van der Waals surface area contributed by atoms with Crippen molar-refractivity contribution in [3.8, 4) is 0 Å². The van der Waals surface area contributed by atoms with Gasteiger partial charge in [0.05, 0.1) is 17.1 Å². The van der Waals surface area contributed by atoms with E-state index in [-0.39, 0.29) is 15.7 Å². The van der Waals surface area contributed by atoms with Gasteiger partial charge in [-0.05, 0) is 30.7 Å². The Bertz CT molecular complexity index is 738. The van der Waals surface area contributed by atoms with Gasteiger partial charge in [0.1, 0.15) is 9.20 Å². The highest BCUT2D eigenvalue weighted by atomic mass is 32.2. The van der Waals surface area contributed by atoms with E-state index < -0.39 is 10.0 Å². The van der Waals surface area contributed by atoms with Crippen molar-refractivity contribution in [3.63, 3.8) is 0 Å². The topological polar surface area (TPSA) is 85.1 Å². The molecule has 2 heterocycles. The summed E-state index contributed by atoms with van der Waals surface area (Å²) < 4.78 is 27.0. The van der Waals surface area contributed by atoms with Crippen LogP contribution in [-0.4, -0.2) is 18.4 Å². The second-order valence-corrected chi connectivity index (χ2v) is 7.59. The summed E-state index contributed by atoms with van der Waals surface area (Å²) in [5.41, 5.74) is 7.10. The number of thiocarbonyl (C=S) groups is 1. The summed E-state index contributed by atoms with van der Waals surface area (Å²) in [5.74, 6) is 0. The van der Waals surface area contributed by atoms with Gasteiger partial charge in [-0.1, -0.05) is 18.3 Å². The fourth-order valence-electron chi connectivity index (χ4n) is 1.53. The second-order valence-electron chi connectivity index (χ2n) is 4.07. The lowest BCUT2D eigenvalue weighted by Gasteiger charge is -2.06. The van der Waals surface area contributed by atoms with Crippen molar-refractivity contribution in [3.05, 3.63) is 46.6 Å². The van der Waals surface area contributed by atoms with Crippen LogP contribution in [0.3, 0.4) is 0 Å². The molecule has 0 atom stereocenters. The molecule has 20 heavy (non-hydrogen) atoms. The zero-order chi connectivity index (χ0) is 14.8. The van der Waals surface area contributed by atoms with Crippen molar-refractivity contribution in [2.75, 3.05) is 0 Å². The van der Waals surface area contributed by atoms with Gasteiger partial charge in [-0.3, -0.25) is 4.98 Å². The van der Waals surface area contributed by atoms with Crippen LogP contribution in [0.2, 0.25) is 0 Å². The molecule has 0 saturated heterocycles. The highest BCUT2D eigenvalue weighted by Gasteiger charge is 2.17. The molecule has 0 fully saturated rings. The first-order valence-electron chi connectivity index (χ1n) is 5.70. The van der Waals surface area contributed by atoms with Crippen molar-refractivity contribution < 1.29 is 8.42 Å². The molecule has 0 unspecified atom stereocenters. The largest absolute Gasteiger partial charge is 0.389 e. The van der Waals surface area contributed by atoms with Crippen LogP contribution in [0.1, 0.15) is 16.1 Å². The molecule has 0 bridgehead atoms.